The van der Waals surface area contributed by atoms with Crippen LogP contribution < -0.4 is 4.72 Å². The standard InChI is InChI=1S/C14H10BrFN2O2S/c15-13-9-11(3-6-14(13)16)18-21(19,20)12-4-1-10(2-5-12)7-8-17/h1-6,9,18H,7H2. The van der Waals surface area contributed by atoms with Gasteiger partial charge in [-0.05, 0) is 51.8 Å². The highest BCUT2D eigenvalue weighted by atomic mass is 79.9. The molecule has 0 aliphatic carbocycles. The van der Waals surface area contributed by atoms with E-state index in [0.717, 1.165) is 11.6 Å². The Balaban J connectivity index is 2.25. The van der Waals surface area contributed by atoms with Gasteiger partial charge in [0.05, 0.1) is 27.5 Å². The molecule has 0 aromatic heterocycles. The average Bonchev–Trinajstić information content (AvgIpc) is 2.44. The minimum absolute atomic E-state index is 0.0737. The van der Waals surface area contributed by atoms with Crippen molar-refractivity contribution in [2.75, 3.05) is 4.72 Å². The predicted octanol–water partition coefficient (Wildman–Crippen LogP) is 3.46. The van der Waals surface area contributed by atoms with Crippen LogP contribution in [0.2, 0.25) is 0 Å². The van der Waals surface area contributed by atoms with Gasteiger partial charge in [-0.1, -0.05) is 12.1 Å². The molecule has 0 spiro atoms. The van der Waals surface area contributed by atoms with Crippen molar-refractivity contribution in [3.05, 3.63) is 58.3 Å². The smallest absolute Gasteiger partial charge is 0.261 e. The second-order valence-electron chi connectivity index (χ2n) is 4.21. The summed E-state index contributed by atoms with van der Waals surface area (Å²) < 4.78 is 40.0. The van der Waals surface area contributed by atoms with E-state index >= 15 is 0 Å². The molecule has 2 rings (SSSR count). The molecule has 108 valence electrons. The third-order valence-corrected chi connectivity index (χ3v) is 4.69. The lowest BCUT2D eigenvalue weighted by molar-refractivity contribution is 0.601. The largest absolute Gasteiger partial charge is 0.280 e. The number of nitriles is 1. The van der Waals surface area contributed by atoms with E-state index in [1.54, 1.807) is 12.1 Å². The molecule has 0 saturated carbocycles. The highest BCUT2D eigenvalue weighted by Crippen LogP contribution is 2.22. The van der Waals surface area contributed by atoms with E-state index in [9.17, 15) is 12.8 Å². The summed E-state index contributed by atoms with van der Waals surface area (Å²) in [5.41, 5.74) is 0.991. The van der Waals surface area contributed by atoms with Crippen molar-refractivity contribution < 1.29 is 12.8 Å². The first-order valence-corrected chi connectivity index (χ1v) is 8.14. The monoisotopic (exact) mass is 368 g/mol. The summed E-state index contributed by atoms with van der Waals surface area (Å²) in [5, 5.41) is 8.58. The maximum Gasteiger partial charge on any atom is 0.261 e. The molecule has 0 heterocycles. The van der Waals surface area contributed by atoms with E-state index in [2.05, 4.69) is 20.7 Å². The number of sulfonamides is 1. The van der Waals surface area contributed by atoms with Gasteiger partial charge in [0, 0.05) is 0 Å². The van der Waals surface area contributed by atoms with Gasteiger partial charge in [0.15, 0.2) is 0 Å². The highest BCUT2D eigenvalue weighted by Gasteiger charge is 2.14. The van der Waals surface area contributed by atoms with Crippen molar-refractivity contribution in [2.24, 2.45) is 0 Å². The fraction of sp³-hybridized carbons (Fsp3) is 0.0714. The Labute approximate surface area is 130 Å². The van der Waals surface area contributed by atoms with Gasteiger partial charge in [-0.25, -0.2) is 12.8 Å². The van der Waals surface area contributed by atoms with Crippen molar-refractivity contribution in [1.29, 1.82) is 5.26 Å². The van der Waals surface area contributed by atoms with Crippen LogP contribution in [0.1, 0.15) is 5.56 Å². The van der Waals surface area contributed by atoms with Crippen molar-refractivity contribution in [3.63, 3.8) is 0 Å². The van der Waals surface area contributed by atoms with Crippen LogP contribution in [-0.4, -0.2) is 8.42 Å². The van der Waals surface area contributed by atoms with E-state index in [0.29, 0.717) is 0 Å². The van der Waals surface area contributed by atoms with Crippen LogP contribution in [0.15, 0.2) is 51.8 Å². The van der Waals surface area contributed by atoms with Crippen molar-refractivity contribution in [1.82, 2.24) is 0 Å². The van der Waals surface area contributed by atoms with Gasteiger partial charge in [0.2, 0.25) is 0 Å². The average molecular weight is 369 g/mol. The molecule has 0 atom stereocenters. The molecule has 2 aromatic rings. The molecular formula is C14H10BrFN2O2S. The van der Waals surface area contributed by atoms with E-state index in [-0.39, 0.29) is 21.5 Å². The number of halogens is 2. The zero-order chi connectivity index (χ0) is 15.5. The van der Waals surface area contributed by atoms with E-state index in [1.807, 2.05) is 6.07 Å². The number of anilines is 1. The quantitative estimate of drug-likeness (QED) is 0.898. The zero-order valence-corrected chi connectivity index (χ0v) is 13.1. The molecule has 0 bridgehead atoms. The summed E-state index contributed by atoms with van der Waals surface area (Å²) in [7, 11) is -3.75. The fourth-order valence-electron chi connectivity index (χ4n) is 1.65. The molecule has 1 N–H and O–H groups in total. The number of hydrogen-bond donors (Lipinski definition) is 1. The SMILES string of the molecule is N#CCc1ccc(S(=O)(=O)Nc2ccc(F)c(Br)c2)cc1. The summed E-state index contributed by atoms with van der Waals surface area (Å²) in [6, 6.07) is 11.8. The lowest BCUT2D eigenvalue weighted by Gasteiger charge is -2.09. The Morgan fingerprint density at radius 2 is 1.86 bits per heavy atom. The van der Waals surface area contributed by atoms with E-state index in [4.69, 9.17) is 5.26 Å². The molecule has 0 radical (unpaired) electrons. The van der Waals surface area contributed by atoms with Crippen LogP contribution in [0.5, 0.6) is 0 Å². The summed E-state index contributed by atoms with van der Waals surface area (Å²) >= 11 is 3.00. The van der Waals surface area contributed by atoms with Gasteiger partial charge in [-0.15, -0.1) is 0 Å². The minimum atomic E-state index is -3.75. The number of benzene rings is 2. The molecule has 0 unspecified atom stereocenters. The normalized spacial score (nSPS) is 10.9. The molecule has 0 saturated heterocycles. The molecule has 0 aliphatic heterocycles. The lowest BCUT2D eigenvalue weighted by Crippen LogP contribution is -2.13. The second kappa shape index (κ2) is 6.24. The van der Waals surface area contributed by atoms with Gasteiger partial charge < -0.3 is 0 Å². The van der Waals surface area contributed by atoms with Gasteiger partial charge in [-0.2, -0.15) is 5.26 Å². The Morgan fingerprint density at radius 3 is 2.43 bits per heavy atom. The Morgan fingerprint density at radius 1 is 1.19 bits per heavy atom. The number of rotatable bonds is 4. The number of hydrogen-bond acceptors (Lipinski definition) is 3. The van der Waals surface area contributed by atoms with Crippen LogP contribution in [0.4, 0.5) is 10.1 Å². The molecule has 2 aromatic carbocycles. The van der Waals surface area contributed by atoms with Crippen LogP contribution >= 0.6 is 15.9 Å². The van der Waals surface area contributed by atoms with Gasteiger partial charge in [-0.3, -0.25) is 4.72 Å². The number of nitrogens with one attached hydrogen (secondary N) is 1. The first-order valence-electron chi connectivity index (χ1n) is 5.86. The maximum atomic E-state index is 13.1. The van der Waals surface area contributed by atoms with Crippen LogP contribution in [0.25, 0.3) is 0 Å². The topological polar surface area (TPSA) is 70.0 Å². The summed E-state index contributed by atoms with van der Waals surface area (Å²) in [6.45, 7) is 0. The van der Waals surface area contributed by atoms with Crippen molar-refractivity contribution in [2.45, 2.75) is 11.3 Å². The fourth-order valence-corrected chi connectivity index (χ4v) is 3.08. The third-order valence-electron chi connectivity index (χ3n) is 2.69. The predicted molar refractivity (Wildman–Crippen MR) is 80.7 cm³/mol. The van der Waals surface area contributed by atoms with Crippen LogP contribution in [0, 0.1) is 17.1 Å². The highest BCUT2D eigenvalue weighted by molar-refractivity contribution is 9.10. The van der Waals surface area contributed by atoms with E-state index < -0.39 is 15.8 Å². The first kappa shape index (κ1) is 15.5. The Bertz CT molecular complexity index is 799. The summed E-state index contributed by atoms with van der Waals surface area (Å²) in [5.74, 6) is -0.473. The molecule has 4 nitrogen and oxygen atoms in total. The third kappa shape index (κ3) is 3.80. The molecule has 0 fully saturated rings. The van der Waals surface area contributed by atoms with Crippen LogP contribution in [-0.2, 0) is 16.4 Å². The molecule has 0 amide bonds. The molecule has 21 heavy (non-hydrogen) atoms. The lowest BCUT2D eigenvalue weighted by atomic mass is 10.2. The van der Waals surface area contributed by atoms with Gasteiger partial charge in [0.25, 0.3) is 10.0 Å². The van der Waals surface area contributed by atoms with Gasteiger partial charge in [0.1, 0.15) is 5.82 Å². The maximum absolute atomic E-state index is 13.1. The van der Waals surface area contributed by atoms with Crippen LogP contribution in [0.3, 0.4) is 0 Å². The first-order chi connectivity index (χ1) is 9.92. The number of nitrogens with zero attached hydrogens (tertiary/aromatic N) is 1. The summed E-state index contributed by atoms with van der Waals surface area (Å²) in [4.78, 5) is 0.0737. The van der Waals surface area contributed by atoms with Gasteiger partial charge >= 0.3 is 0 Å². The van der Waals surface area contributed by atoms with Crippen molar-refractivity contribution >= 4 is 31.6 Å². The van der Waals surface area contributed by atoms with E-state index in [1.165, 1.54) is 24.3 Å². The molecular weight excluding hydrogens is 359 g/mol. The Kier molecular flexibility index (Phi) is 4.60. The minimum Gasteiger partial charge on any atom is -0.280 e. The molecule has 0 aliphatic rings. The second-order valence-corrected chi connectivity index (χ2v) is 6.75. The summed E-state index contributed by atoms with van der Waals surface area (Å²) in [6.07, 6.45) is 0.221. The zero-order valence-electron chi connectivity index (χ0n) is 10.7. The Hall–Kier alpha value is -1.91. The molecule has 7 heteroatoms. The van der Waals surface area contributed by atoms with Crippen molar-refractivity contribution in [3.8, 4) is 6.07 Å².